The van der Waals surface area contributed by atoms with Gasteiger partial charge in [-0.05, 0) is 56.2 Å². The molecule has 0 spiro atoms. The van der Waals surface area contributed by atoms with Gasteiger partial charge < -0.3 is 15.0 Å². The molecule has 0 saturated heterocycles. The summed E-state index contributed by atoms with van der Waals surface area (Å²) in [4.78, 5) is 24.8. The van der Waals surface area contributed by atoms with Crippen LogP contribution in [0.25, 0.3) is 0 Å². The lowest BCUT2D eigenvalue weighted by atomic mass is 10.1. The van der Waals surface area contributed by atoms with Crippen molar-refractivity contribution in [2.24, 2.45) is 0 Å². The second-order valence-electron chi connectivity index (χ2n) is 5.09. The zero-order chi connectivity index (χ0) is 16.3. The Labute approximate surface area is 134 Å². The number of carbonyl (C=O) groups excluding carboxylic acids is 2. The molecule has 2 amide bonds. The first-order valence-electron chi connectivity index (χ1n) is 7.09. The number of carbonyl (C=O) groups is 2. The third-order valence-corrected chi connectivity index (χ3v) is 3.59. The predicted molar refractivity (Wildman–Crippen MR) is 89.1 cm³/mol. The standard InChI is InChI=1S/C15H19N3O3S/c1-4-21-15(20)17-14(22)16-12-5-6-13-11(8-12)7-9(2)18(13)10(3)19/h5-6,8-9H,4,7H2,1-3H3,(H2,16,17,20,22). The molecular formula is C15H19N3O3S. The van der Waals surface area contributed by atoms with E-state index < -0.39 is 6.09 Å². The summed E-state index contributed by atoms with van der Waals surface area (Å²) in [6, 6.07) is 5.79. The highest BCUT2D eigenvalue weighted by Gasteiger charge is 2.28. The van der Waals surface area contributed by atoms with E-state index in [0.717, 1.165) is 23.4 Å². The van der Waals surface area contributed by atoms with Crippen LogP contribution < -0.4 is 15.5 Å². The molecule has 1 aromatic carbocycles. The topological polar surface area (TPSA) is 70.7 Å². The van der Waals surface area contributed by atoms with Crippen molar-refractivity contribution in [3.8, 4) is 0 Å². The van der Waals surface area contributed by atoms with Crippen LogP contribution in [0, 0.1) is 0 Å². The number of benzene rings is 1. The lowest BCUT2D eigenvalue weighted by molar-refractivity contribution is -0.116. The molecular weight excluding hydrogens is 302 g/mol. The molecule has 7 heteroatoms. The van der Waals surface area contributed by atoms with Gasteiger partial charge in [-0.1, -0.05) is 0 Å². The fourth-order valence-corrected chi connectivity index (χ4v) is 2.81. The third kappa shape index (κ3) is 3.54. The Morgan fingerprint density at radius 1 is 1.45 bits per heavy atom. The van der Waals surface area contributed by atoms with Crippen molar-refractivity contribution in [2.45, 2.75) is 33.2 Å². The van der Waals surface area contributed by atoms with Crippen LogP contribution in [-0.2, 0) is 16.0 Å². The van der Waals surface area contributed by atoms with E-state index in [9.17, 15) is 9.59 Å². The molecule has 1 heterocycles. The van der Waals surface area contributed by atoms with Crippen LogP contribution in [0.3, 0.4) is 0 Å². The van der Waals surface area contributed by atoms with Crippen LogP contribution in [0.15, 0.2) is 18.2 Å². The number of ether oxygens (including phenoxy) is 1. The molecule has 2 N–H and O–H groups in total. The van der Waals surface area contributed by atoms with Gasteiger partial charge in [0.1, 0.15) is 0 Å². The highest BCUT2D eigenvalue weighted by Crippen LogP contribution is 2.34. The molecule has 1 aliphatic rings. The molecule has 1 atom stereocenters. The second-order valence-corrected chi connectivity index (χ2v) is 5.49. The zero-order valence-electron chi connectivity index (χ0n) is 12.8. The number of amides is 2. The van der Waals surface area contributed by atoms with Gasteiger partial charge in [-0.3, -0.25) is 10.1 Å². The van der Waals surface area contributed by atoms with E-state index in [1.807, 2.05) is 25.1 Å². The van der Waals surface area contributed by atoms with Gasteiger partial charge in [0.05, 0.1) is 6.61 Å². The Balaban J connectivity index is 2.07. The number of hydrogen-bond acceptors (Lipinski definition) is 4. The fourth-order valence-electron chi connectivity index (χ4n) is 2.61. The first kappa shape index (κ1) is 16.2. The molecule has 22 heavy (non-hydrogen) atoms. The molecule has 0 radical (unpaired) electrons. The number of anilines is 2. The molecule has 2 rings (SSSR count). The smallest absolute Gasteiger partial charge is 0.413 e. The maximum absolute atomic E-state index is 11.7. The van der Waals surface area contributed by atoms with E-state index >= 15 is 0 Å². The Kier molecular flexibility index (Phi) is 4.97. The summed E-state index contributed by atoms with van der Waals surface area (Å²) < 4.78 is 4.76. The highest BCUT2D eigenvalue weighted by atomic mass is 32.1. The summed E-state index contributed by atoms with van der Waals surface area (Å²) in [5, 5.41) is 5.54. The molecule has 1 unspecified atom stereocenters. The lowest BCUT2D eigenvalue weighted by Gasteiger charge is -2.20. The first-order valence-corrected chi connectivity index (χ1v) is 7.50. The molecule has 6 nitrogen and oxygen atoms in total. The average molecular weight is 321 g/mol. The summed E-state index contributed by atoms with van der Waals surface area (Å²) in [7, 11) is 0. The first-order chi connectivity index (χ1) is 10.4. The van der Waals surface area contributed by atoms with Gasteiger partial charge in [-0.2, -0.15) is 0 Å². The third-order valence-electron chi connectivity index (χ3n) is 3.38. The Hall–Kier alpha value is -2.15. The van der Waals surface area contributed by atoms with Gasteiger partial charge in [0, 0.05) is 24.3 Å². The van der Waals surface area contributed by atoms with Gasteiger partial charge in [-0.25, -0.2) is 4.79 Å². The lowest BCUT2D eigenvalue weighted by Crippen LogP contribution is -2.34. The molecule has 118 valence electrons. The zero-order valence-corrected chi connectivity index (χ0v) is 13.6. The molecule has 0 fully saturated rings. The minimum absolute atomic E-state index is 0.0338. The van der Waals surface area contributed by atoms with Crippen molar-refractivity contribution < 1.29 is 14.3 Å². The van der Waals surface area contributed by atoms with E-state index in [1.54, 1.807) is 18.7 Å². The van der Waals surface area contributed by atoms with E-state index in [0.29, 0.717) is 0 Å². The van der Waals surface area contributed by atoms with Gasteiger partial charge >= 0.3 is 6.09 Å². The molecule has 1 aliphatic heterocycles. The quantitative estimate of drug-likeness (QED) is 0.819. The van der Waals surface area contributed by atoms with Gasteiger partial charge in [0.2, 0.25) is 5.91 Å². The minimum atomic E-state index is -0.586. The van der Waals surface area contributed by atoms with E-state index in [2.05, 4.69) is 10.6 Å². The highest BCUT2D eigenvalue weighted by molar-refractivity contribution is 7.80. The average Bonchev–Trinajstić information content (AvgIpc) is 2.73. The maximum Gasteiger partial charge on any atom is 0.413 e. The van der Waals surface area contributed by atoms with E-state index in [-0.39, 0.29) is 23.7 Å². The number of rotatable bonds is 2. The van der Waals surface area contributed by atoms with Gasteiger partial charge in [0.25, 0.3) is 0 Å². The van der Waals surface area contributed by atoms with Crippen LogP contribution in [0.4, 0.5) is 16.2 Å². The van der Waals surface area contributed by atoms with Crippen LogP contribution in [-0.4, -0.2) is 29.8 Å². The largest absolute Gasteiger partial charge is 0.450 e. The molecule has 0 aromatic heterocycles. The SMILES string of the molecule is CCOC(=O)NC(=S)Nc1ccc2c(c1)CC(C)N2C(C)=O. The number of thiocarbonyl (C=S) groups is 1. The summed E-state index contributed by atoms with van der Waals surface area (Å²) in [6.07, 6.45) is 0.209. The summed E-state index contributed by atoms with van der Waals surface area (Å²) in [5.41, 5.74) is 2.76. The van der Waals surface area contributed by atoms with Crippen molar-refractivity contribution >= 4 is 40.7 Å². The Morgan fingerprint density at radius 2 is 2.18 bits per heavy atom. The van der Waals surface area contributed by atoms with Crippen molar-refractivity contribution in [2.75, 3.05) is 16.8 Å². The fraction of sp³-hybridized carbons (Fsp3) is 0.400. The van der Waals surface area contributed by atoms with Crippen molar-refractivity contribution in [3.05, 3.63) is 23.8 Å². The number of alkyl carbamates (subject to hydrolysis) is 1. The van der Waals surface area contributed by atoms with Crippen LogP contribution >= 0.6 is 12.2 Å². The number of fused-ring (bicyclic) bond motifs is 1. The monoisotopic (exact) mass is 321 g/mol. The van der Waals surface area contributed by atoms with Crippen molar-refractivity contribution in [3.63, 3.8) is 0 Å². The van der Waals surface area contributed by atoms with Crippen LogP contribution in [0.1, 0.15) is 26.3 Å². The van der Waals surface area contributed by atoms with Gasteiger partial charge in [-0.15, -0.1) is 0 Å². The Bertz CT molecular complexity index is 618. The summed E-state index contributed by atoms with van der Waals surface area (Å²) in [5.74, 6) is 0.0338. The van der Waals surface area contributed by atoms with Crippen molar-refractivity contribution in [1.29, 1.82) is 0 Å². The molecule has 0 bridgehead atoms. The van der Waals surface area contributed by atoms with Crippen LogP contribution in [0.5, 0.6) is 0 Å². The van der Waals surface area contributed by atoms with E-state index in [1.165, 1.54) is 0 Å². The summed E-state index contributed by atoms with van der Waals surface area (Å²) >= 11 is 5.05. The molecule has 0 aliphatic carbocycles. The second kappa shape index (κ2) is 6.74. The summed E-state index contributed by atoms with van der Waals surface area (Å²) in [6.45, 7) is 5.59. The normalized spacial score (nSPS) is 16.0. The predicted octanol–water partition coefficient (Wildman–Crippen LogP) is 2.43. The van der Waals surface area contributed by atoms with E-state index in [4.69, 9.17) is 17.0 Å². The Morgan fingerprint density at radius 3 is 2.82 bits per heavy atom. The number of nitrogens with zero attached hydrogens (tertiary/aromatic N) is 1. The maximum atomic E-state index is 11.7. The molecule has 1 aromatic rings. The molecule has 0 saturated carbocycles. The van der Waals surface area contributed by atoms with Gasteiger partial charge in [0.15, 0.2) is 5.11 Å². The number of hydrogen-bond donors (Lipinski definition) is 2. The number of nitrogens with one attached hydrogen (secondary N) is 2. The minimum Gasteiger partial charge on any atom is -0.450 e. The van der Waals surface area contributed by atoms with Crippen LogP contribution in [0.2, 0.25) is 0 Å². The van der Waals surface area contributed by atoms with Crippen molar-refractivity contribution in [1.82, 2.24) is 5.32 Å².